The lowest BCUT2D eigenvalue weighted by Crippen LogP contribution is -2.11. The zero-order valence-corrected chi connectivity index (χ0v) is 10.6. The SMILES string of the molecule is CCCCC(CC)COC(=O)/N=N/C(=O)OC. The average Bonchev–Trinajstić information content (AvgIpc) is 2.36. The molecule has 98 valence electrons. The molecule has 0 rings (SSSR count). The predicted molar refractivity (Wildman–Crippen MR) is 61.9 cm³/mol. The van der Waals surface area contributed by atoms with Gasteiger partial charge in [0.25, 0.3) is 0 Å². The Kier molecular flexibility index (Phi) is 8.91. The normalized spacial score (nSPS) is 12.4. The Hall–Kier alpha value is -1.46. The van der Waals surface area contributed by atoms with Gasteiger partial charge in [0.05, 0.1) is 13.7 Å². The average molecular weight is 244 g/mol. The van der Waals surface area contributed by atoms with E-state index in [4.69, 9.17) is 4.74 Å². The number of azo groups is 1. The van der Waals surface area contributed by atoms with Crippen molar-refractivity contribution in [3.05, 3.63) is 0 Å². The quantitative estimate of drug-likeness (QED) is 0.669. The van der Waals surface area contributed by atoms with Crippen LogP contribution in [0.5, 0.6) is 0 Å². The van der Waals surface area contributed by atoms with Crippen LogP contribution in [0.25, 0.3) is 0 Å². The van der Waals surface area contributed by atoms with E-state index in [0.717, 1.165) is 32.8 Å². The van der Waals surface area contributed by atoms with E-state index in [1.165, 1.54) is 0 Å². The highest BCUT2D eigenvalue weighted by atomic mass is 16.6. The fourth-order valence-corrected chi connectivity index (χ4v) is 1.24. The largest absolute Gasteiger partial charge is 0.452 e. The van der Waals surface area contributed by atoms with Crippen LogP contribution in [0.4, 0.5) is 9.59 Å². The summed E-state index contributed by atoms with van der Waals surface area (Å²) in [6.45, 7) is 4.48. The van der Waals surface area contributed by atoms with Gasteiger partial charge in [0, 0.05) is 0 Å². The molecule has 0 bridgehead atoms. The van der Waals surface area contributed by atoms with Gasteiger partial charge in [-0.05, 0) is 12.3 Å². The topological polar surface area (TPSA) is 77.3 Å². The first-order valence-corrected chi connectivity index (χ1v) is 5.80. The highest BCUT2D eigenvalue weighted by Crippen LogP contribution is 2.13. The number of unbranched alkanes of at least 4 members (excludes halogenated alkanes) is 1. The third kappa shape index (κ3) is 8.36. The van der Waals surface area contributed by atoms with E-state index < -0.39 is 12.2 Å². The first kappa shape index (κ1) is 15.5. The summed E-state index contributed by atoms with van der Waals surface area (Å²) in [5.74, 6) is 0.340. The van der Waals surface area contributed by atoms with Crippen LogP contribution in [0.15, 0.2) is 10.2 Å². The number of methoxy groups -OCH3 is 1. The maximum Gasteiger partial charge on any atom is 0.452 e. The molecule has 6 heteroatoms. The van der Waals surface area contributed by atoms with Crippen LogP contribution in [0.3, 0.4) is 0 Å². The molecule has 1 atom stereocenters. The lowest BCUT2D eigenvalue weighted by Gasteiger charge is -2.12. The van der Waals surface area contributed by atoms with E-state index in [-0.39, 0.29) is 0 Å². The predicted octanol–water partition coefficient (Wildman–Crippen LogP) is 3.56. The van der Waals surface area contributed by atoms with Crippen LogP contribution in [0, 0.1) is 5.92 Å². The van der Waals surface area contributed by atoms with E-state index in [1.54, 1.807) is 0 Å². The van der Waals surface area contributed by atoms with Gasteiger partial charge in [-0.15, -0.1) is 0 Å². The highest BCUT2D eigenvalue weighted by Gasteiger charge is 2.09. The molecule has 0 saturated carbocycles. The molecule has 0 fully saturated rings. The number of amides is 2. The number of carbonyl (C=O) groups is 2. The molecule has 0 aromatic carbocycles. The second-order valence-corrected chi connectivity index (χ2v) is 3.66. The molecule has 1 unspecified atom stereocenters. The summed E-state index contributed by atoms with van der Waals surface area (Å²) in [7, 11) is 1.16. The maximum atomic E-state index is 11.1. The third-order valence-corrected chi connectivity index (χ3v) is 2.37. The highest BCUT2D eigenvalue weighted by molar-refractivity contribution is 5.72. The fourth-order valence-electron chi connectivity index (χ4n) is 1.24. The smallest absolute Gasteiger partial charge is 0.450 e. The molecule has 0 aliphatic carbocycles. The standard InChI is InChI=1S/C11H20N2O4/c1-4-6-7-9(5-2)8-17-11(15)13-12-10(14)16-3/h9H,4-8H2,1-3H3/b13-12+. The molecule has 17 heavy (non-hydrogen) atoms. The van der Waals surface area contributed by atoms with Crippen molar-refractivity contribution in [1.82, 2.24) is 0 Å². The summed E-state index contributed by atoms with van der Waals surface area (Å²) < 4.78 is 9.07. The van der Waals surface area contributed by atoms with Gasteiger partial charge in [-0.3, -0.25) is 0 Å². The number of hydrogen-bond donors (Lipinski definition) is 0. The Morgan fingerprint density at radius 1 is 1.18 bits per heavy atom. The number of carbonyl (C=O) groups excluding carboxylic acids is 2. The maximum absolute atomic E-state index is 11.1. The van der Waals surface area contributed by atoms with Crippen LogP contribution in [0.1, 0.15) is 39.5 Å². The third-order valence-electron chi connectivity index (χ3n) is 2.37. The molecular formula is C11H20N2O4. The van der Waals surface area contributed by atoms with Gasteiger partial charge in [-0.1, -0.05) is 43.3 Å². The molecule has 0 saturated heterocycles. The van der Waals surface area contributed by atoms with E-state index in [2.05, 4.69) is 21.9 Å². The lowest BCUT2D eigenvalue weighted by molar-refractivity contribution is 0.129. The van der Waals surface area contributed by atoms with Gasteiger partial charge in [0.15, 0.2) is 0 Å². The van der Waals surface area contributed by atoms with Crippen LogP contribution in [-0.4, -0.2) is 25.9 Å². The second kappa shape index (κ2) is 9.74. The summed E-state index contributed by atoms with van der Waals surface area (Å²) in [6.07, 6.45) is 2.42. The summed E-state index contributed by atoms with van der Waals surface area (Å²) in [4.78, 5) is 21.6. The van der Waals surface area contributed by atoms with Gasteiger partial charge < -0.3 is 9.47 Å². The monoisotopic (exact) mass is 244 g/mol. The Bertz CT molecular complexity index is 266. The van der Waals surface area contributed by atoms with E-state index in [1.807, 2.05) is 6.92 Å². The molecule has 0 aliphatic rings. The van der Waals surface area contributed by atoms with Gasteiger partial charge in [0.1, 0.15) is 0 Å². The van der Waals surface area contributed by atoms with Crippen molar-refractivity contribution < 1.29 is 19.1 Å². The summed E-state index contributed by atoms with van der Waals surface area (Å²) >= 11 is 0. The Morgan fingerprint density at radius 3 is 2.35 bits per heavy atom. The van der Waals surface area contributed by atoms with Crippen LogP contribution >= 0.6 is 0 Å². The fraction of sp³-hybridized carbons (Fsp3) is 0.818. The van der Waals surface area contributed by atoms with Crippen molar-refractivity contribution in [2.24, 2.45) is 16.1 Å². The molecule has 0 radical (unpaired) electrons. The molecule has 0 aromatic rings. The minimum Gasteiger partial charge on any atom is -0.450 e. The number of nitrogens with zero attached hydrogens (tertiary/aromatic N) is 2. The number of rotatable bonds is 6. The van der Waals surface area contributed by atoms with Crippen molar-refractivity contribution in [3.63, 3.8) is 0 Å². The van der Waals surface area contributed by atoms with Crippen LogP contribution in [-0.2, 0) is 9.47 Å². The van der Waals surface area contributed by atoms with Crippen molar-refractivity contribution in [2.75, 3.05) is 13.7 Å². The molecule has 6 nitrogen and oxygen atoms in total. The number of hydrogen-bond acceptors (Lipinski definition) is 4. The van der Waals surface area contributed by atoms with Crippen molar-refractivity contribution in [3.8, 4) is 0 Å². The Labute approximate surface area is 101 Å². The molecule has 0 heterocycles. The zero-order chi connectivity index (χ0) is 13.1. The van der Waals surface area contributed by atoms with Crippen LogP contribution in [0.2, 0.25) is 0 Å². The Morgan fingerprint density at radius 2 is 1.82 bits per heavy atom. The summed E-state index contributed by atoms with van der Waals surface area (Å²) in [5, 5.41) is 6.07. The van der Waals surface area contributed by atoms with E-state index >= 15 is 0 Å². The van der Waals surface area contributed by atoms with Gasteiger partial charge in [0.2, 0.25) is 0 Å². The molecular weight excluding hydrogens is 224 g/mol. The van der Waals surface area contributed by atoms with Gasteiger partial charge >= 0.3 is 12.2 Å². The van der Waals surface area contributed by atoms with Crippen molar-refractivity contribution in [2.45, 2.75) is 39.5 Å². The van der Waals surface area contributed by atoms with Crippen molar-refractivity contribution >= 4 is 12.2 Å². The Balaban J connectivity index is 3.88. The summed E-state index contributed by atoms with van der Waals surface area (Å²) in [6, 6.07) is 0. The molecule has 2 amide bonds. The van der Waals surface area contributed by atoms with Crippen molar-refractivity contribution in [1.29, 1.82) is 0 Å². The first-order valence-electron chi connectivity index (χ1n) is 5.80. The lowest BCUT2D eigenvalue weighted by atomic mass is 10.0. The molecule has 0 spiro atoms. The van der Waals surface area contributed by atoms with E-state index in [0.29, 0.717) is 12.5 Å². The van der Waals surface area contributed by atoms with Gasteiger partial charge in [-0.2, -0.15) is 0 Å². The van der Waals surface area contributed by atoms with E-state index in [9.17, 15) is 9.59 Å². The number of ether oxygens (including phenoxy) is 2. The minimum atomic E-state index is -0.917. The minimum absolute atomic E-state index is 0.315. The van der Waals surface area contributed by atoms with Crippen LogP contribution < -0.4 is 0 Å². The summed E-state index contributed by atoms with van der Waals surface area (Å²) in [5.41, 5.74) is 0. The zero-order valence-electron chi connectivity index (χ0n) is 10.6. The molecule has 0 aromatic heterocycles. The molecule has 0 aliphatic heterocycles. The van der Waals surface area contributed by atoms with Gasteiger partial charge in [-0.25, -0.2) is 9.59 Å². The first-order chi connectivity index (χ1) is 8.13. The second-order valence-electron chi connectivity index (χ2n) is 3.66. The molecule has 0 N–H and O–H groups in total.